The number of hydrogen-bond donors (Lipinski definition) is 0. The van der Waals surface area contributed by atoms with Gasteiger partial charge in [-0.25, -0.2) is 4.98 Å². The number of nitrogens with zero attached hydrogens (tertiary/aromatic N) is 2. The summed E-state index contributed by atoms with van der Waals surface area (Å²) in [4.78, 5) is 15.4. The van der Waals surface area contributed by atoms with Gasteiger partial charge in [-0.05, 0) is 6.42 Å². The molecule has 0 aliphatic carbocycles. The molecule has 0 aliphatic rings. The summed E-state index contributed by atoms with van der Waals surface area (Å²) in [5.41, 5.74) is -0.354. The molecule has 0 spiro atoms. The quantitative estimate of drug-likeness (QED) is 0.562. The molecule has 96 valence electrons. The van der Waals surface area contributed by atoms with E-state index in [2.05, 4.69) is 4.98 Å². The molecule has 0 N–H and O–H groups in total. The molecule has 1 aromatic heterocycles. The van der Waals surface area contributed by atoms with Gasteiger partial charge in [-0.3, -0.25) is 9.36 Å². The van der Waals surface area contributed by atoms with E-state index in [1.165, 1.54) is 10.9 Å². The van der Waals surface area contributed by atoms with E-state index in [4.69, 9.17) is 32.7 Å². The maximum Gasteiger partial charge on any atom is 0.273 e. The molecular weight excluding hydrogens is 267 g/mol. The molecular formula is C10H14Cl2N2O3. The van der Waals surface area contributed by atoms with Crippen LogP contribution in [-0.2, 0) is 16.0 Å². The van der Waals surface area contributed by atoms with E-state index in [-0.39, 0.29) is 15.7 Å². The van der Waals surface area contributed by atoms with E-state index in [0.717, 1.165) is 6.42 Å². The summed E-state index contributed by atoms with van der Waals surface area (Å²) in [6.45, 7) is 2.07. The average molecular weight is 281 g/mol. The van der Waals surface area contributed by atoms with E-state index < -0.39 is 0 Å². The molecule has 0 radical (unpaired) electrons. The van der Waals surface area contributed by atoms with Gasteiger partial charge in [0.05, 0.1) is 19.5 Å². The van der Waals surface area contributed by atoms with E-state index in [0.29, 0.717) is 26.4 Å². The van der Waals surface area contributed by atoms with Crippen molar-refractivity contribution in [1.82, 2.24) is 9.55 Å². The molecule has 7 heteroatoms. The summed E-state index contributed by atoms with van der Waals surface area (Å²) in [5.74, 6) is 0. The fourth-order valence-electron chi connectivity index (χ4n) is 1.17. The van der Waals surface area contributed by atoms with Crippen molar-refractivity contribution in [1.29, 1.82) is 0 Å². The Morgan fingerprint density at radius 3 is 2.82 bits per heavy atom. The Kier molecular flexibility index (Phi) is 6.50. The van der Waals surface area contributed by atoms with Gasteiger partial charge in [0.15, 0.2) is 5.15 Å². The third-order valence-corrected chi connectivity index (χ3v) is 2.78. The Hall–Kier alpha value is -0.620. The first-order valence-electron chi connectivity index (χ1n) is 5.14. The Balaban J connectivity index is 2.37. The Labute approximate surface area is 109 Å². The fourth-order valence-corrected chi connectivity index (χ4v) is 1.46. The lowest BCUT2D eigenvalue weighted by Crippen LogP contribution is -2.23. The van der Waals surface area contributed by atoms with Crippen LogP contribution < -0.4 is 5.56 Å². The van der Waals surface area contributed by atoms with Gasteiger partial charge < -0.3 is 9.47 Å². The van der Waals surface area contributed by atoms with Crippen molar-refractivity contribution in [2.75, 3.05) is 26.9 Å². The highest BCUT2D eigenvalue weighted by atomic mass is 35.5. The minimum atomic E-state index is -0.354. The van der Waals surface area contributed by atoms with Crippen molar-refractivity contribution in [3.63, 3.8) is 0 Å². The third kappa shape index (κ3) is 4.63. The van der Waals surface area contributed by atoms with Gasteiger partial charge in [0.1, 0.15) is 5.02 Å². The topological polar surface area (TPSA) is 53.4 Å². The summed E-state index contributed by atoms with van der Waals surface area (Å²) in [6, 6.07) is 0. The second-order valence-electron chi connectivity index (χ2n) is 3.31. The molecule has 5 nitrogen and oxygen atoms in total. The minimum Gasteiger partial charge on any atom is -0.385 e. The first-order valence-corrected chi connectivity index (χ1v) is 5.89. The number of hydrogen-bond acceptors (Lipinski definition) is 4. The van der Waals surface area contributed by atoms with E-state index in [1.54, 1.807) is 7.11 Å². The van der Waals surface area contributed by atoms with Crippen molar-refractivity contribution < 1.29 is 9.47 Å². The van der Waals surface area contributed by atoms with Gasteiger partial charge in [-0.2, -0.15) is 0 Å². The minimum absolute atomic E-state index is 0.0222. The molecule has 0 amide bonds. The molecule has 1 heterocycles. The number of aromatic nitrogens is 2. The SMILES string of the molecule is COCCCOCCn1cnc(Cl)c(Cl)c1=O. The molecule has 1 rings (SSSR count). The summed E-state index contributed by atoms with van der Waals surface area (Å²) < 4.78 is 11.6. The van der Waals surface area contributed by atoms with Crippen LogP contribution in [0.4, 0.5) is 0 Å². The van der Waals surface area contributed by atoms with Crippen molar-refractivity contribution in [3.8, 4) is 0 Å². The van der Waals surface area contributed by atoms with Gasteiger partial charge in [-0.15, -0.1) is 0 Å². The largest absolute Gasteiger partial charge is 0.385 e. The lowest BCUT2D eigenvalue weighted by Gasteiger charge is -2.07. The molecule has 0 bridgehead atoms. The van der Waals surface area contributed by atoms with Crippen LogP contribution in [0.5, 0.6) is 0 Å². The molecule has 0 unspecified atom stereocenters. The zero-order chi connectivity index (χ0) is 12.7. The molecule has 0 aromatic carbocycles. The highest BCUT2D eigenvalue weighted by Crippen LogP contribution is 2.12. The number of ether oxygens (including phenoxy) is 2. The Morgan fingerprint density at radius 1 is 1.35 bits per heavy atom. The number of methoxy groups -OCH3 is 1. The van der Waals surface area contributed by atoms with E-state index in [9.17, 15) is 4.79 Å². The molecule has 0 atom stereocenters. The molecule has 0 aliphatic heterocycles. The maximum absolute atomic E-state index is 11.6. The fraction of sp³-hybridized carbons (Fsp3) is 0.600. The summed E-state index contributed by atoms with van der Waals surface area (Å²) in [6.07, 6.45) is 2.18. The standard InChI is InChI=1S/C10H14Cl2N2O3/c1-16-4-2-5-17-6-3-14-7-13-9(12)8(11)10(14)15/h7H,2-6H2,1H3. The van der Waals surface area contributed by atoms with Gasteiger partial charge >= 0.3 is 0 Å². The summed E-state index contributed by atoms with van der Waals surface area (Å²) in [5, 5.41) is -0.0394. The van der Waals surface area contributed by atoms with Crippen LogP contribution >= 0.6 is 23.2 Å². The first-order chi connectivity index (χ1) is 8.16. The van der Waals surface area contributed by atoms with Gasteiger partial charge in [0.2, 0.25) is 0 Å². The van der Waals surface area contributed by atoms with Crippen LogP contribution in [0.25, 0.3) is 0 Å². The second-order valence-corrected chi connectivity index (χ2v) is 4.04. The molecule has 0 saturated heterocycles. The number of halogens is 2. The highest BCUT2D eigenvalue weighted by molar-refractivity contribution is 6.40. The zero-order valence-electron chi connectivity index (χ0n) is 9.49. The van der Waals surface area contributed by atoms with E-state index in [1.807, 2.05) is 0 Å². The van der Waals surface area contributed by atoms with Gasteiger partial charge in [0.25, 0.3) is 5.56 Å². The van der Waals surface area contributed by atoms with Crippen LogP contribution in [0.15, 0.2) is 11.1 Å². The molecule has 0 fully saturated rings. The second kappa shape index (κ2) is 7.66. The highest BCUT2D eigenvalue weighted by Gasteiger charge is 2.06. The Morgan fingerprint density at radius 2 is 2.12 bits per heavy atom. The maximum atomic E-state index is 11.6. The molecule has 17 heavy (non-hydrogen) atoms. The van der Waals surface area contributed by atoms with Crippen molar-refractivity contribution >= 4 is 23.2 Å². The van der Waals surface area contributed by atoms with E-state index >= 15 is 0 Å². The van der Waals surface area contributed by atoms with Crippen LogP contribution in [0.2, 0.25) is 10.2 Å². The molecule has 0 saturated carbocycles. The zero-order valence-corrected chi connectivity index (χ0v) is 11.0. The average Bonchev–Trinajstić information content (AvgIpc) is 2.33. The monoisotopic (exact) mass is 280 g/mol. The van der Waals surface area contributed by atoms with Gasteiger partial charge in [0, 0.05) is 20.3 Å². The van der Waals surface area contributed by atoms with Crippen LogP contribution in [0.1, 0.15) is 6.42 Å². The van der Waals surface area contributed by atoms with Crippen molar-refractivity contribution in [2.24, 2.45) is 0 Å². The van der Waals surface area contributed by atoms with Crippen LogP contribution in [-0.4, -0.2) is 36.5 Å². The predicted octanol–water partition coefficient (Wildman–Crippen LogP) is 1.60. The lowest BCUT2D eigenvalue weighted by molar-refractivity contribution is 0.0971. The van der Waals surface area contributed by atoms with Crippen LogP contribution in [0.3, 0.4) is 0 Å². The van der Waals surface area contributed by atoms with Crippen molar-refractivity contribution in [3.05, 3.63) is 26.9 Å². The first kappa shape index (κ1) is 14.4. The third-order valence-electron chi connectivity index (χ3n) is 2.05. The van der Waals surface area contributed by atoms with Crippen LogP contribution in [0, 0.1) is 0 Å². The normalized spacial score (nSPS) is 10.8. The van der Waals surface area contributed by atoms with Crippen molar-refractivity contribution in [2.45, 2.75) is 13.0 Å². The smallest absolute Gasteiger partial charge is 0.273 e. The summed E-state index contributed by atoms with van der Waals surface area (Å²) >= 11 is 11.3. The Bertz CT molecular complexity index is 409. The summed E-state index contributed by atoms with van der Waals surface area (Å²) in [7, 11) is 1.64. The lowest BCUT2D eigenvalue weighted by atomic mass is 10.5. The van der Waals surface area contributed by atoms with Gasteiger partial charge in [-0.1, -0.05) is 23.2 Å². The predicted molar refractivity (Wildman–Crippen MR) is 65.8 cm³/mol. The molecule has 1 aromatic rings. The number of rotatable bonds is 7.